The lowest BCUT2D eigenvalue weighted by Crippen LogP contribution is -2.49. The highest BCUT2D eigenvalue weighted by Gasteiger charge is 2.30. The van der Waals surface area contributed by atoms with Gasteiger partial charge < -0.3 is 10.0 Å². The number of hydrogen-bond acceptors (Lipinski definition) is 3. The molecule has 1 aliphatic heterocycles. The van der Waals surface area contributed by atoms with Gasteiger partial charge in [0.1, 0.15) is 0 Å². The minimum Gasteiger partial charge on any atom is -0.480 e. The summed E-state index contributed by atoms with van der Waals surface area (Å²) in [6, 6.07) is 0.454. The average Bonchev–Trinajstić information content (AvgIpc) is 3.00. The Labute approximate surface area is 97.2 Å². The maximum atomic E-state index is 10.9. The normalized spacial score (nSPS) is 27.2. The van der Waals surface area contributed by atoms with Crippen molar-refractivity contribution in [2.45, 2.75) is 31.7 Å². The molecule has 0 bridgehead atoms. The van der Waals surface area contributed by atoms with Crippen molar-refractivity contribution in [1.82, 2.24) is 9.80 Å². The van der Waals surface area contributed by atoms with Crippen molar-refractivity contribution in [2.75, 3.05) is 33.2 Å². The summed E-state index contributed by atoms with van der Waals surface area (Å²) in [7, 11) is 2.13. The van der Waals surface area contributed by atoms with E-state index in [0.717, 1.165) is 32.0 Å². The van der Waals surface area contributed by atoms with Crippen molar-refractivity contribution in [2.24, 2.45) is 5.92 Å². The number of hydrogen-bond donors (Lipinski definition) is 1. The molecular weight excluding hydrogens is 204 g/mol. The molecule has 1 unspecified atom stereocenters. The van der Waals surface area contributed by atoms with Crippen LogP contribution in [0.25, 0.3) is 0 Å². The highest BCUT2D eigenvalue weighted by Crippen LogP contribution is 2.31. The molecule has 1 saturated heterocycles. The second-order valence-electron chi connectivity index (χ2n) is 5.32. The van der Waals surface area contributed by atoms with Gasteiger partial charge in [-0.3, -0.25) is 9.69 Å². The Morgan fingerprint density at radius 3 is 2.75 bits per heavy atom. The van der Waals surface area contributed by atoms with Crippen LogP contribution in [0.5, 0.6) is 0 Å². The molecule has 1 atom stereocenters. The molecule has 4 heteroatoms. The Morgan fingerprint density at radius 1 is 1.44 bits per heavy atom. The first kappa shape index (κ1) is 11.9. The predicted molar refractivity (Wildman–Crippen MR) is 62.5 cm³/mol. The molecule has 16 heavy (non-hydrogen) atoms. The van der Waals surface area contributed by atoms with Gasteiger partial charge in [-0.1, -0.05) is 0 Å². The fourth-order valence-electron chi connectivity index (χ4n) is 2.59. The highest BCUT2D eigenvalue weighted by molar-refractivity contribution is 5.69. The van der Waals surface area contributed by atoms with Gasteiger partial charge in [-0.25, -0.2) is 0 Å². The topological polar surface area (TPSA) is 43.8 Å². The first-order valence-electron chi connectivity index (χ1n) is 6.29. The number of likely N-dealkylation sites (N-methyl/N-ethyl adjacent to an activating group) is 1. The van der Waals surface area contributed by atoms with Gasteiger partial charge in [0.25, 0.3) is 0 Å². The Morgan fingerprint density at radius 2 is 2.19 bits per heavy atom. The van der Waals surface area contributed by atoms with Gasteiger partial charge >= 0.3 is 5.97 Å². The van der Waals surface area contributed by atoms with Crippen molar-refractivity contribution in [1.29, 1.82) is 0 Å². The van der Waals surface area contributed by atoms with Crippen molar-refractivity contribution >= 4 is 5.97 Å². The van der Waals surface area contributed by atoms with Crippen molar-refractivity contribution in [3.8, 4) is 0 Å². The van der Waals surface area contributed by atoms with Gasteiger partial charge in [0.15, 0.2) is 0 Å². The summed E-state index contributed by atoms with van der Waals surface area (Å²) < 4.78 is 0. The van der Waals surface area contributed by atoms with Crippen LogP contribution < -0.4 is 0 Å². The second-order valence-corrected chi connectivity index (χ2v) is 5.32. The standard InChI is InChI=1S/C12H22N2O2/c1-13-6-2-3-11(8-13)14(9-12(15)16)7-10-4-5-10/h10-11H,2-9H2,1H3,(H,15,16). The summed E-state index contributed by atoms with van der Waals surface area (Å²) in [6.45, 7) is 3.39. The summed E-state index contributed by atoms with van der Waals surface area (Å²) in [5, 5.41) is 8.96. The summed E-state index contributed by atoms with van der Waals surface area (Å²) >= 11 is 0. The smallest absolute Gasteiger partial charge is 0.317 e. The zero-order valence-corrected chi connectivity index (χ0v) is 10.1. The molecule has 0 aromatic rings. The summed E-state index contributed by atoms with van der Waals surface area (Å²) in [6.07, 6.45) is 4.93. The molecule has 92 valence electrons. The largest absolute Gasteiger partial charge is 0.480 e. The molecule has 0 spiro atoms. The molecule has 1 heterocycles. The van der Waals surface area contributed by atoms with Gasteiger partial charge in [-0.2, -0.15) is 0 Å². The lowest BCUT2D eigenvalue weighted by atomic mass is 10.0. The van der Waals surface area contributed by atoms with E-state index in [0.29, 0.717) is 6.04 Å². The lowest BCUT2D eigenvalue weighted by molar-refractivity contribution is -0.139. The molecule has 2 fully saturated rings. The van der Waals surface area contributed by atoms with Crippen molar-refractivity contribution in [3.63, 3.8) is 0 Å². The Hall–Kier alpha value is -0.610. The minimum atomic E-state index is -0.686. The molecule has 0 aromatic carbocycles. The third-order valence-electron chi connectivity index (χ3n) is 3.64. The van der Waals surface area contributed by atoms with Crippen LogP contribution in [0.2, 0.25) is 0 Å². The van der Waals surface area contributed by atoms with Crippen LogP contribution >= 0.6 is 0 Å². The number of likely N-dealkylation sites (tertiary alicyclic amines) is 1. The molecule has 2 rings (SSSR count). The quantitative estimate of drug-likeness (QED) is 0.755. The van der Waals surface area contributed by atoms with E-state index in [1.54, 1.807) is 0 Å². The first-order valence-corrected chi connectivity index (χ1v) is 6.29. The predicted octanol–water partition coefficient (Wildman–Crippen LogP) is 0.877. The highest BCUT2D eigenvalue weighted by atomic mass is 16.4. The van der Waals surface area contributed by atoms with E-state index in [1.165, 1.54) is 19.3 Å². The van der Waals surface area contributed by atoms with E-state index < -0.39 is 5.97 Å². The fourth-order valence-corrected chi connectivity index (χ4v) is 2.59. The van der Waals surface area contributed by atoms with Crippen LogP contribution in [-0.2, 0) is 4.79 Å². The molecule has 1 aliphatic carbocycles. The van der Waals surface area contributed by atoms with E-state index >= 15 is 0 Å². The number of carboxylic acids is 1. The molecular formula is C12H22N2O2. The molecule has 1 N–H and O–H groups in total. The lowest BCUT2D eigenvalue weighted by Gasteiger charge is -2.37. The van der Waals surface area contributed by atoms with E-state index in [4.69, 9.17) is 5.11 Å². The first-order chi connectivity index (χ1) is 7.65. The van der Waals surface area contributed by atoms with Crippen molar-refractivity contribution in [3.05, 3.63) is 0 Å². The zero-order chi connectivity index (χ0) is 11.5. The van der Waals surface area contributed by atoms with E-state index in [9.17, 15) is 4.79 Å². The fraction of sp³-hybridized carbons (Fsp3) is 0.917. The minimum absolute atomic E-state index is 0.217. The van der Waals surface area contributed by atoms with Crippen LogP contribution in [0.3, 0.4) is 0 Å². The van der Waals surface area contributed by atoms with Crippen LogP contribution in [0.1, 0.15) is 25.7 Å². The summed E-state index contributed by atoms with van der Waals surface area (Å²) in [5.74, 6) is 0.0838. The number of nitrogens with zero attached hydrogens (tertiary/aromatic N) is 2. The van der Waals surface area contributed by atoms with Crippen LogP contribution in [-0.4, -0.2) is 60.1 Å². The molecule has 0 aromatic heterocycles. The van der Waals surface area contributed by atoms with Gasteiger partial charge in [-0.15, -0.1) is 0 Å². The Balaban J connectivity index is 1.89. The number of rotatable bonds is 5. The monoisotopic (exact) mass is 226 g/mol. The maximum absolute atomic E-state index is 10.9. The average molecular weight is 226 g/mol. The summed E-state index contributed by atoms with van der Waals surface area (Å²) in [5.41, 5.74) is 0. The van der Waals surface area contributed by atoms with Gasteiger partial charge in [0.2, 0.25) is 0 Å². The molecule has 0 amide bonds. The number of aliphatic carboxylic acids is 1. The third-order valence-corrected chi connectivity index (χ3v) is 3.64. The molecule has 0 radical (unpaired) electrons. The van der Waals surface area contributed by atoms with Gasteiger partial charge in [0, 0.05) is 19.1 Å². The Bertz CT molecular complexity index is 253. The van der Waals surface area contributed by atoms with Crippen LogP contribution in [0, 0.1) is 5.92 Å². The van der Waals surface area contributed by atoms with Crippen LogP contribution in [0.4, 0.5) is 0 Å². The number of piperidine rings is 1. The number of carboxylic acid groups (broad SMARTS) is 1. The maximum Gasteiger partial charge on any atom is 0.317 e. The summed E-state index contributed by atoms with van der Waals surface area (Å²) in [4.78, 5) is 15.4. The zero-order valence-electron chi connectivity index (χ0n) is 10.1. The van der Waals surface area contributed by atoms with E-state index in [-0.39, 0.29) is 6.54 Å². The van der Waals surface area contributed by atoms with Gasteiger partial charge in [0.05, 0.1) is 6.54 Å². The van der Waals surface area contributed by atoms with Gasteiger partial charge in [-0.05, 0) is 45.2 Å². The third kappa shape index (κ3) is 3.46. The number of carbonyl (C=O) groups is 1. The van der Waals surface area contributed by atoms with Crippen molar-refractivity contribution < 1.29 is 9.90 Å². The Kier molecular flexibility index (Phi) is 3.82. The SMILES string of the molecule is CN1CCCC(N(CC(=O)O)CC2CC2)C1. The molecule has 1 saturated carbocycles. The van der Waals surface area contributed by atoms with Crippen LogP contribution in [0.15, 0.2) is 0 Å². The molecule has 2 aliphatic rings. The second kappa shape index (κ2) is 5.15. The molecule has 4 nitrogen and oxygen atoms in total. The van der Waals surface area contributed by atoms with E-state index in [2.05, 4.69) is 16.8 Å². The van der Waals surface area contributed by atoms with E-state index in [1.807, 2.05) is 0 Å².